The average Bonchev–Trinajstić information content (AvgIpc) is 2.89. The number of nitrogens with zero attached hydrogens (tertiary/aromatic N) is 1. The van der Waals surface area contributed by atoms with Crippen LogP contribution in [0, 0.1) is 6.92 Å². The summed E-state index contributed by atoms with van der Waals surface area (Å²) in [6.45, 7) is 1.90. The van der Waals surface area contributed by atoms with E-state index in [1.807, 2.05) is 0 Å². The molecular formula is C20H15Cl2F5NO4+. The average molecular weight is 499 g/mol. The minimum atomic E-state index is -5.55. The zero-order valence-corrected chi connectivity index (χ0v) is 17.9. The number of amides is 1. The largest absolute Gasteiger partial charge is 0.478 e. The number of hydrogen-bond donors (Lipinski definition) is 1. The van der Waals surface area contributed by atoms with Gasteiger partial charge in [-0.3, -0.25) is 0 Å². The number of rotatable bonds is 3. The molecular weight excluding hydrogens is 484 g/mol. The molecule has 0 saturated carbocycles. The van der Waals surface area contributed by atoms with E-state index in [9.17, 15) is 22.8 Å². The van der Waals surface area contributed by atoms with Crippen molar-refractivity contribution in [3.63, 3.8) is 0 Å². The van der Waals surface area contributed by atoms with Crippen molar-refractivity contribution < 1.29 is 46.4 Å². The molecule has 1 heterocycles. The van der Waals surface area contributed by atoms with Crippen LogP contribution in [0.2, 0.25) is 10.0 Å². The summed E-state index contributed by atoms with van der Waals surface area (Å²) in [4.78, 5) is 25.1. The Balaban J connectivity index is 2.31. The monoisotopic (exact) mass is 498 g/mol. The van der Waals surface area contributed by atoms with Gasteiger partial charge in [0.2, 0.25) is 12.2 Å². The topological polar surface area (TPSA) is 63.6 Å². The third-order valence-corrected chi connectivity index (χ3v) is 5.70. The molecule has 1 amide bonds. The first kappa shape index (κ1) is 24.4. The maximum Gasteiger partial charge on any atom is 0.431 e. The maximum absolute atomic E-state index is 15.8. The van der Waals surface area contributed by atoms with Gasteiger partial charge in [-0.25, -0.2) is 14.0 Å². The van der Waals surface area contributed by atoms with Gasteiger partial charge in [0.25, 0.3) is 5.60 Å². The van der Waals surface area contributed by atoms with Gasteiger partial charge in [0.15, 0.2) is 0 Å². The number of carboxylic acids is 1. The summed E-state index contributed by atoms with van der Waals surface area (Å²) in [5.41, 5.74) is -5.49. The first-order chi connectivity index (χ1) is 14.6. The summed E-state index contributed by atoms with van der Waals surface area (Å²) in [6, 6.07) is 3.02. The summed E-state index contributed by atoms with van der Waals surface area (Å²) in [5, 5.41) is 8.56. The molecule has 3 rings (SSSR count). The van der Waals surface area contributed by atoms with Crippen LogP contribution in [0.1, 0.15) is 40.0 Å². The van der Waals surface area contributed by atoms with Crippen LogP contribution in [0.4, 0.5) is 22.0 Å². The molecule has 1 aliphatic heterocycles. The van der Waals surface area contributed by atoms with E-state index in [4.69, 9.17) is 28.3 Å². The number of quaternary nitrogens is 1. The number of carboxylic acid groups (broad SMARTS) is 1. The van der Waals surface area contributed by atoms with Crippen molar-refractivity contribution in [1.29, 1.82) is 0 Å². The Morgan fingerprint density at radius 3 is 2.12 bits per heavy atom. The number of aryl methyl sites for hydroxylation is 1. The predicted molar refractivity (Wildman–Crippen MR) is 103 cm³/mol. The number of carbonyl (C=O) groups excluding carboxylic acids is 1. The SMILES string of the molecule is CC(=O)[N+]1(F)OC(c2cc(Cl)cc(Cl)c2)(C(F)(F)F)C(F)C1c1ccc(C(=O)O)c(C)c1. The molecule has 32 heavy (non-hydrogen) atoms. The number of hydrogen-bond acceptors (Lipinski definition) is 3. The first-order valence-electron chi connectivity index (χ1n) is 8.96. The van der Waals surface area contributed by atoms with Crippen molar-refractivity contribution in [1.82, 2.24) is 0 Å². The van der Waals surface area contributed by atoms with Crippen LogP contribution in [0.3, 0.4) is 0 Å². The Bertz CT molecular complexity index is 1090. The van der Waals surface area contributed by atoms with Gasteiger partial charge < -0.3 is 5.11 Å². The van der Waals surface area contributed by atoms with Gasteiger partial charge in [-0.15, -0.1) is 4.84 Å². The molecule has 5 nitrogen and oxygen atoms in total. The van der Waals surface area contributed by atoms with Gasteiger partial charge in [-0.2, -0.15) is 13.2 Å². The van der Waals surface area contributed by atoms with Crippen molar-refractivity contribution in [3.8, 4) is 0 Å². The lowest BCUT2D eigenvalue weighted by atomic mass is 9.83. The molecule has 0 bridgehead atoms. The smallest absolute Gasteiger partial charge is 0.431 e. The van der Waals surface area contributed by atoms with E-state index in [-0.39, 0.29) is 21.2 Å². The lowest BCUT2D eigenvalue weighted by Crippen LogP contribution is -2.50. The summed E-state index contributed by atoms with van der Waals surface area (Å²) < 4.78 is 74.6. The minimum absolute atomic E-state index is 0.0209. The van der Waals surface area contributed by atoms with Crippen molar-refractivity contribution in [2.45, 2.75) is 37.8 Å². The summed E-state index contributed by atoms with van der Waals surface area (Å²) in [7, 11) is 0. The number of carbonyl (C=O) groups is 2. The number of benzene rings is 2. The third kappa shape index (κ3) is 3.64. The molecule has 1 saturated heterocycles. The summed E-state index contributed by atoms with van der Waals surface area (Å²) >= 11 is 11.6. The normalized spacial score (nSPS) is 28.0. The molecule has 1 fully saturated rings. The Hall–Kier alpha value is -2.27. The molecule has 0 aliphatic carbocycles. The second-order valence-corrected chi connectivity index (χ2v) is 8.18. The maximum atomic E-state index is 15.8. The third-order valence-electron chi connectivity index (χ3n) is 5.26. The lowest BCUT2D eigenvalue weighted by Gasteiger charge is -2.29. The van der Waals surface area contributed by atoms with Crippen molar-refractivity contribution in [3.05, 3.63) is 68.7 Å². The van der Waals surface area contributed by atoms with E-state index in [2.05, 4.69) is 4.84 Å². The van der Waals surface area contributed by atoms with Crippen LogP contribution in [0.25, 0.3) is 0 Å². The number of hydroxylamine groups is 2. The standard InChI is InChI=1S/C20H14Cl2F5NO4/c1-9-5-11(3-4-15(9)18(30)31)16-17(23)19(20(24,25)26,32-28(16,27)10(2)29)12-6-13(21)8-14(22)7-12/h3-8,16-17H,1-2H3/p+1. The highest BCUT2D eigenvalue weighted by Gasteiger charge is 2.81. The Kier molecular flexibility index (Phi) is 6.05. The highest BCUT2D eigenvalue weighted by atomic mass is 35.5. The van der Waals surface area contributed by atoms with E-state index in [1.54, 1.807) is 0 Å². The first-order valence-corrected chi connectivity index (χ1v) is 9.72. The lowest BCUT2D eigenvalue weighted by molar-refractivity contribution is -1.17. The van der Waals surface area contributed by atoms with Crippen LogP contribution >= 0.6 is 23.2 Å². The molecule has 4 atom stereocenters. The molecule has 0 spiro atoms. The number of alkyl halides is 4. The quantitative estimate of drug-likeness (QED) is 0.414. The van der Waals surface area contributed by atoms with E-state index < -0.39 is 51.9 Å². The predicted octanol–water partition coefficient (Wildman–Crippen LogP) is 6.03. The van der Waals surface area contributed by atoms with Gasteiger partial charge in [-0.1, -0.05) is 29.3 Å². The van der Waals surface area contributed by atoms with Gasteiger partial charge >= 0.3 is 18.1 Å². The molecule has 1 aliphatic rings. The molecule has 2 aromatic rings. The second-order valence-electron chi connectivity index (χ2n) is 7.30. The molecule has 12 heteroatoms. The Labute approximate surface area is 188 Å². The van der Waals surface area contributed by atoms with Crippen LogP contribution in [0.5, 0.6) is 0 Å². The molecule has 1 N–H and O–H groups in total. The molecule has 172 valence electrons. The van der Waals surface area contributed by atoms with Crippen molar-refractivity contribution in [2.24, 2.45) is 0 Å². The molecule has 0 radical (unpaired) electrons. The zero-order valence-electron chi connectivity index (χ0n) is 16.4. The fraction of sp³-hybridized carbons (Fsp3) is 0.300. The highest BCUT2D eigenvalue weighted by Crippen LogP contribution is 2.60. The second kappa shape index (κ2) is 7.95. The Morgan fingerprint density at radius 1 is 1.12 bits per heavy atom. The minimum Gasteiger partial charge on any atom is -0.478 e. The zero-order chi connectivity index (χ0) is 24.2. The van der Waals surface area contributed by atoms with Gasteiger partial charge in [0.05, 0.1) is 17.4 Å². The summed E-state index contributed by atoms with van der Waals surface area (Å²) in [6.07, 6.45) is -8.72. The van der Waals surface area contributed by atoms with Crippen molar-refractivity contribution >= 4 is 35.1 Å². The van der Waals surface area contributed by atoms with Gasteiger partial charge in [-0.05, 0) is 42.8 Å². The highest BCUT2D eigenvalue weighted by molar-refractivity contribution is 6.34. The number of aromatic carboxylic acids is 1. The summed E-state index contributed by atoms with van der Waals surface area (Å²) in [5.74, 6) is -2.91. The van der Waals surface area contributed by atoms with E-state index in [1.165, 1.54) is 6.92 Å². The molecule has 2 aromatic carbocycles. The molecule has 0 aromatic heterocycles. The van der Waals surface area contributed by atoms with Crippen LogP contribution in [-0.4, -0.2) is 34.2 Å². The van der Waals surface area contributed by atoms with Crippen molar-refractivity contribution in [2.75, 3.05) is 0 Å². The fourth-order valence-electron chi connectivity index (χ4n) is 3.79. The van der Waals surface area contributed by atoms with E-state index >= 15 is 8.87 Å². The van der Waals surface area contributed by atoms with Gasteiger partial charge in [0.1, 0.15) is 0 Å². The van der Waals surface area contributed by atoms with E-state index in [0.717, 1.165) is 36.4 Å². The van der Waals surface area contributed by atoms with Gasteiger partial charge in [0, 0.05) is 25.7 Å². The fourth-order valence-corrected chi connectivity index (χ4v) is 4.32. The van der Waals surface area contributed by atoms with Crippen LogP contribution < -0.4 is 0 Å². The Morgan fingerprint density at radius 2 is 1.69 bits per heavy atom. The van der Waals surface area contributed by atoms with Crippen LogP contribution in [-0.2, 0) is 15.2 Å². The number of halogens is 7. The van der Waals surface area contributed by atoms with E-state index in [0.29, 0.717) is 6.92 Å². The van der Waals surface area contributed by atoms with Crippen LogP contribution in [0.15, 0.2) is 36.4 Å². The molecule has 4 unspecified atom stereocenters.